The zero-order valence-electron chi connectivity index (χ0n) is 23.4. The van der Waals surface area contributed by atoms with Crippen LogP contribution in [0.15, 0.2) is 36.4 Å². The number of ether oxygens (including phenoxy) is 3. The Morgan fingerprint density at radius 3 is 2.45 bits per heavy atom. The number of anilines is 1. The zero-order chi connectivity index (χ0) is 27.2. The number of likely N-dealkylation sites (N-methyl/N-ethyl adjacent to an activating group) is 1. The predicted octanol–water partition coefficient (Wildman–Crippen LogP) is 5.12. The maximum atomic E-state index is 13.7. The predicted molar refractivity (Wildman–Crippen MR) is 148 cm³/mol. The Kier molecular flexibility index (Phi) is 9.02. The molecule has 3 amide bonds. The van der Waals surface area contributed by atoms with Crippen LogP contribution >= 0.6 is 0 Å². The number of benzene rings is 2. The monoisotopic (exact) mass is 523 g/mol. The van der Waals surface area contributed by atoms with Crippen molar-refractivity contribution in [1.82, 2.24) is 9.80 Å². The number of amides is 3. The number of urea groups is 1. The minimum atomic E-state index is -0.0532. The summed E-state index contributed by atoms with van der Waals surface area (Å²) in [5.41, 5.74) is 2.59. The molecular weight excluding hydrogens is 482 g/mol. The molecule has 2 fully saturated rings. The van der Waals surface area contributed by atoms with Crippen molar-refractivity contribution in [2.24, 2.45) is 5.92 Å². The summed E-state index contributed by atoms with van der Waals surface area (Å²) in [6, 6.07) is 11.5. The van der Waals surface area contributed by atoms with Crippen molar-refractivity contribution in [3.05, 3.63) is 47.5 Å². The average molecular weight is 524 g/mol. The maximum absolute atomic E-state index is 13.7. The molecule has 1 saturated carbocycles. The fraction of sp³-hybridized carbons (Fsp3) is 0.533. The van der Waals surface area contributed by atoms with E-state index in [-0.39, 0.29) is 18.0 Å². The number of nitrogens with zero attached hydrogens (tertiary/aromatic N) is 3. The highest BCUT2D eigenvalue weighted by atomic mass is 16.5. The smallest absolute Gasteiger partial charge is 0.325 e. The molecule has 0 N–H and O–H groups in total. The lowest BCUT2D eigenvalue weighted by molar-refractivity contribution is -0.127. The molecule has 38 heavy (non-hydrogen) atoms. The highest BCUT2D eigenvalue weighted by Crippen LogP contribution is 2.36. The summed E-state index contributed by atoms with van der Waals surface area (Å²) in [7, 11) is 6.75. The Labute approximate surface area is 226 Å². The number of carbonyl (C=O) groups excluding carboxylic acids is 2. The van der Waals surface area contributed by atoms with Crippen LogP contribution in [-0.2, 0) is 17.8 Å². The Bertz CT molecular complexity index is 1130. The Morgan fingerprint density at radius 1 is 1.00 bits per heavy atom. The van der Waals surface area contributed by atoms with Crippen LogP contribution < -0.4 is 19.1 Å². The van der Waals surface area contributed by atoms with E-state index < -0.39 is 0 Å². The van der Waals surface area contributed by atoms with Gasteiger partial charge in [0.05, 0.1) is 33.8 Å². The van der Waals surface area contributed by atoms with Gasteiger partial charge in [-0.1, -0.05) is 25.0 Å². The molecule has 1 aliphatic carbocycles. The molecule has 0 unspecified atom stereocenters. The lowest BCUT2D eigenvalue weighted by Gasteiger charge is -2.40. The average Bonchev–Trinajstić information content (AvgIpc) is 3.74. The molecule has 1 heterocycles. The van der Waals surface area contributed by atoms with Crippen molar-refractivity contribution in [3.63, 3.8) is 0 Å². The molecule has 0 bridgehead atoms. The van der Waals surface area contributed by atoms with Gasteiger partial charge < -0.3 is 24.0 Å². The van der Waals surface area contributed by atoms with E-state index in [1.807, 2.05) is 46.2 Å². The van der Waals surface area contributed by atoms with Crippen LogP contribution in [0.3, 0.4) is 0 Å². The third kappa shape index (κ3) is 6.71. The van der Waals surface area contributed by atoms with Crippen LogP contribution in [0.4, 0.5) is 10.5 Å². The number of methoxy groups -OCH3 is 2. The van der Waals surface area contributed by atoms with Crippen LogP contribution in [0.5, 0.6) is 17.2 Å². The van der Waals surface area contributed by atoms with Gasteiger partial charge in [-0.15, -0.1) is 0 Å². The van der Waals surface area contributed by atoms with Crippen molar-refractivity contribution in [1.29, 1.82) is 0 Å². The molecule has 8 nitrogen and oxygen atoms in total. The Hall–Kier alpha value is -3.42. The summed E-state index contributed by atoms with van der Waals surface area (Å²) < 4.78 is 17.2. The Balaban J connectivity index is 1.48. The van der Waals surface area contributed by atoms with Gasteiger partial charge in [-0.05, 0) is 55.9 Å². The Morgan fingerprint density at radius 2 is 1.76 bits per heavy atom. The number of carbonyl (C=O) groups is 2. The third-order valence-corrected chi connectivity index (χ3v) is 7.50. The molecule has 1 aliphatic heterocycles. The number of hydrogen-bond donors (Lipinski definition) is 0. The van der Waals surface area contributed by atoms with E-state index in [0.29, 0.717) is 43.4 Å². The quantitative estimate of drug-likeness (QED) is 0.361. The molecule has 1 saturated heterocycles. The summed E-state index contributed by atoms with van der Waals surface area (Å²) in [6.45, 7) is 3.77. The minimum absolute atomic E-state index is 0.0287. The molecule has 2 aliphatic rings. The van der Waals surface area contributed by atoms with Gasteiger partial charge in [0.2, 0.25) is 5.91 Å². The van der Waals surface area contributed by atoms with E-state index in [0.717, 1.165) is 35.6 Å². The van der Waals surface area contributed by atoms with Crippen molar-refractivity contribution in [2.45, 2.75) is 58.0 Å². The van der Waals surface area contributed by atoms with Gasteiger partial charge >= 0.3 is 6.03 Å². The normalized spacial score (nSPS) is 17.4. The fourth-order valence-electron chi connectivity index (χ4n) is 4.83. The number of rotatable bonds is 12. The first-order valence-corrected chi connectivity index (χ1v) is 13.6. The zero-order valence-corrected chi connectivity index (χ0v) is 23.4. The van der Waals surface area contributed by atoms with E-state index in [4.69, 9.17) is 14.2 Å². The van der Waals surface area contributed by atoms with Crippen LogP contribution in [0, 0.1) is 5.92 Å². The molecule has 8 heteroatoms. The van der Waals surface area contributed by atoms with Gasteiger partial charge in [-0.2, -0.15) is 0 Å². The molecule has 1 atom stereocenters. The van der Waals surface area contributed by atoms with E-state index in [1.165, 1.54) is 19.3 Å². The molecule has 2 aromatic rings. The maximum Gasteiger partial charge on any atom is 0.325 e. The summed E-state index contributed by atoms with van der Waals surface area (Å²) in [4.78, 5) is 31.1. The second-order valence-corrected chi connectivity index (χ2v) is 10.6. The molecule has 0 spiro atoms. The largest absolute Gasteiger partial charge is 0.496 e. The van der Waals surface area contributed by atoms with Gasteiger partial charge in [-0.3, -0.25) is 9.69 Å². The first-order chi connectivity index (χ1) is 18.3. The first-order valence-electron chi connectivity index (χ1n) is 13.6. The lowest BCUT2D eigenvalue weighted by atomic mass is 10.0. The molecule has 0 aromatic heterocycles. The van der Waals surface area contributed by atoms with Gasteiger partial charge in [0.15, 0.2) is 11.5 Å². The van der Waals surface area contributed by atoms with Gasteiger partial charge in [0, 0.05) is 44.0 Å². The lowest BCUT2D eigenvalue weighted by Crippen LogP contribution is -2.53. The van der Waals surface area contributed by atoms with E-state index >= 15 is 0 Å². The van der Waals surface area contributed by atoms with Crippen molar-refractivity contribution < 1.29 is 23.8 Å². The van der Waals surface area contributed by atoms with Gasteiger partial charge in [-0.25, -0.2) is 4.79 Å². The summed E-state index contributed by atoms with van der Waals surface area (Å²) >= 11 is 0. The highest BCUT2D eigenvalue weighted by molar-refractivity contribution is 5.93. The number of hydrogen-bond acceptors (Lipinski definition) is 5. The minimum Gasteiger partial charge on any atom is -0.496 e. The fourth-order valence-corrected chi connectivity index (χ4v) is 4.83. The second kappa shape index (κ2) is 12.4. The van der Waals surface area contributed by atoms with Crippen molar-refractivity contribution in [2.75, 3.05) is 46.4 Å². The topological polar surface area (TPSA) is 71.6 Å². The van der Waals surface area contributed by atoms with Crippen LogP contribution in [0.1, 0.15) is 50.2 Å². The van der Waals surface area contributed by atoms with Gasteiger partial charge in [0.25, 0.3) is 0 Å². The van der Waals surface area contributed by atoms with E-state index in [9.17, 15) is 9.59 Å². The molecule has 2 aromatic carbocycles. The molecular formula is C30H41N3O5. The molecule has 206 valence electrons. The van der Waals surface area contributed by atoms with Crippen LogP contribution in [-0.4, -0.2) is 69.2 Å². The van der Waals surface area contributed by atoms with E-state index in [2.05, 4.69) is 6.92 Å². The van der Waals surface area contributed by atoms with Crippen molar-refractivity contribution in [3.8, 4) is 17.2 Å². The van der Waals surface area contributed by atoms with Crippen LogP contribution in [0.25, 0.3) is 0 Å². The standard InChI is InChI=1S/C30H41N3O5/c1-21-14-15-32(25-12-13-26(36-4)28(19-25)38-16-6-7-22-8-9-22)30(35)33(21)20-24-11-10-23(17-27(24)37-5)18-29(34)31(2)3/h10-13,17,19,21-22H,6-9,14-16,18,20H2,1-5H3/t21-/m0/s1. The van der Waals surface area contributed by atoms with Crippen LogP contribution in [0.2, 0.25) is 0 Å². The highest BCUT2D eigenvalue weighted by Gasteiger charge is 2.33. The molecule has 4 rings (SSSR count). The second-order valence-electron chi connectivity index (χ2n) is 10.6. The van der Waals surface area contributed by atoms with E-state index in [1.54, 1.807) is 33.2 Å². The molecule has 0 radical (unpaired) electrons. The first kappa shape index (κ1) is 27.6. The third-order valence-electron chi connectivity index (χ3n) is 7.50. The SMILES string of the molecule is COc1cc(CC(=O)N(C)C)ccc1CN1C(=O)N(c2ccc(OC)c(OCCCC3CC3)c2)CC[C@@H]1C. The van der Waals surface area contributed by atoms with Crippen molar-refractivity contribution >= 4 is 17.6 Å². The summed E-state index contributed by atoms with van der Waals surface area (Å²) in [5, 5.41) is 0. The van der Waals surface area contributed by atoms with Gasteiger partial charge in [0.1, 0.15) is 5.75 Å². The summed E-state index contributed by atoms with van der Waals surface area (Å²) in [5.74, 6) is 2.93. The summed E-state index contributed by atoms with van der Waals surface area (Å²) in [6.07, 6.45) is 6.06.